The maximum Gasteiger partial charge on any atom is 0.243 e. The first kappa shape index (κ1) is 18.2. The maximum atomic E-state index is 13.6. The third kappa shape index (κ3) is 2.58. The molecule has 2 heterocycles. The van der Waals surface area contributed by atoms with E-state index in [2.05, 4.69) is 31.0 Å². The number of para-hydroxylation sites is 2. The van der Waals surface area contributed by atoms with Crippen LogP contribution in [0.4, 0.5) is 5.69 Å². The van der Waals surface area contributed by atoms with Crippen LogP contribution >= 0.6 is 0 Å². The predicted octanol–water partition coefficient (Wildman–Crippen LogP) is 5.36. The van der Waals surface area contributed by atoms with Gasteiger partial charge in [-0.05, 0) is 42.0 Å². The lowest BCUT2D eigenvalue weighted by Gasteiger charge is -2.36. The predicted molar refractivity (Wildman–Crippen MR) is 115 cm³/mol. The average Bonchev–Trinajstić information content (AvgIpc) is 3.24. The molecule has 0 radical (unpaired) electrons. The van der Waals surface area contributed by atoms with Gasteiger partial charge >= 0.3 is 0 Å². The van der Waals surface area contributed by atoms with Crippen LogP contribution in [0.25, 0.3) is 10.9 Å². The molecule has 29 heavy (non-hydrogen) atoms. The van der Waals surface area contributed by atoms with Gasteiger partial charge in [0.05, 0.1) is 17.5 Å². The van der Waals surface area contributed by atoms with Gasteiger partial charge < -0.3 is 4.98 Å². The lowest BCUT2D eigenvalue weighted by Crippen LogP contribution is -2.35. The number of hydrogen-bond donors (Lipinski definition) is 1. The highest BCUT2D eigenvalue weighted by molar-refractivity contribution is 6.24. The highest BCUT2D eigenvalue weighted by Gasteiger charge is 2.57. The number of H-pyrrole nitrogens is 1. The molecule has 0 unspecified atom stereocenters. The molecule has 2 aliphatic rings. The van der Waals surface area contributed by atoms with Gasteiger partial charge in [-0.1, -0.05) is 63.1 Å². The fraction of sp³-hybridized carbons (Fsp3) is 0.360. The SMILES string of the molecule is CCCC[C@H]1[C@H]2C(=O)N(c3ccccc3)C(=O)[C@H]2c2[nH]c3ccccc3c2[C@H]1C. The number of rotatable bonds is 4. The molecule has 4 nitrogen and oxygen atoms in total. The van der Waals surface area contributed by atoms with Crippen LogP contribution in [0.15, 0.2) is 54.6 Å². The summed E-state index contributed by atoms with van der Waals surface area (Å²) in [4.78, 5) is 32.1. The van der Waals surface area contributed by atoms with Crippen LogP contribution in [0.2, 0.25) is 0 Å². The zero-order valence-corrected chi connectivity index (χ0v) is 16.9. The van der Waals surface area contributed by atoms with Crippen molar-refractivity contribution in [2.24, 2.45) is 11.8 Å². The number of aromatic amines is 1. The van der Waals surface area contributed by atoms with E-state index in [0.717, 1.165) is 30.5 Å². The number of fused-ring (bicyclic) bond motifs is 5. The monoisotopic (exact) mass is 386 g/mol. The summed E-state index contributed by atoms with van der Waals surface area (Å²) in [7, 11) is 0. The summed E-state index contributed by atoms with van der Waals surface area (Å²) in [6.07, 6.45) is 3.13. The number of anilines is 1. The molecule has 3 aromatic rings. The van der Waals surface area contributed by atoms with Crippen molar-refractivity contribution < 1.29 is 9.59 Å². The smallest absolute Gasteiger partial charge is 0.243 e. The number of amides is 2. The molecule has 5 rings (SSSR count). The van der Waals surface area contributed by atoms with E-state index in [1.807, 2.05) is 42.5 Å². The van der Waals surface area contributed by atoms with Gasteiger partial charge in [0.25, 0.3) is 0 Å². The molecule has 4 atom stereocenters. The van der Waals surface area contributed by atoms with E-state index in [1.165, 1.54) is 15.8 Å². The van der Waals surface area contributed by atoms with Crippen LogP contribution in [-0.4, -0.2) is 16.8 Å². The van der Waals surface area contributed by atoms with Crippen LogP contribution in [0, 0.1) is 11.8 Å². The molecular formula is C25H26N2O2. The molecule has 1 saturated heterocycles. The maximum absolute atomic E-state index is 13.6. The molecule has 1 N–H and O–H groups in total. The van der Waals surface area contributed by atoms with Crippen molar-refractivity contribution in [3.8, 4) is 0 Å². The third-order valence-corrected chi connectivity index (χ3v) is 6.90. The average molecular weight is 386 g/mol. The van der Waals surface area contributed by atoms with Crippen molar-refractivity contribution in [2.75, 3.05) is 4.90 Å². The summed E-state index contributed by atoms with van der Waals surface area (Å²) in [5.74, 6) is -0.415. The molecule has 2 amide bonds. The highest BCUT2D eigenvalue weighted by atomic mass is 16.2. The Bertz CT molecular complexity index is 1080. The van der Waals surface area contributed by atoms with Crippen molar-refractivity contribution in [3.05, 3.63) is 65.9 Å². The van der Waals surface area contributed by atoms with Crippen molar-refractivity contribution in [1.29, 1.82) is 0 Å². The van der Waals surface area contributed by atoms with Crippen LogP contribution < -0.4 is 4.90 Å². The first-order valence-corrected chi connectivity index (χ1v) is 10.7. The number of benzene rings is 2. The second-order valence-corrected chi connectivity index (χ2v) is 8.44. The van der Waals surface area contributed by atoms with Crippen molar-refractivity contribution >= 4 is 28.4 Å². The van der Waals surface area contributed by atoms with E-state index >= 15 is 0 Å². The Balaban J connectivity index is 1.69. The number of aromatic nitrogens is 1. The van der Waals surface area contributed by atoms with Gasteiger partial charge in [0, 0.05) is 16.6 Å². The summed E-state index contributed by atoms with van der Waals surface area (Å²) in [6, 6.07) is 17.6. The second-order valence-electron chi connectivity index (χ2n) is 8.44. The molecule has 2 aromatic carbocycles. The molecule has 0 spiro atoms. The minimum absolute atomic E-state index is 0.0385. The number of nitrogens with one attached hydrogen (secondary N) is 1. The number of hydrogen-bond acceptors (Lipinski definition) is 2. The van der Waals surface area contributed by atoms with Gasteiger partial charge in [-0.2, -0.15) is 0 Å². The van der Waals surface area contributed by atoms with E-state index in [1.54, 1.807) is 0 Å². The first-order valence-electron chi connectivity index (χ1n) is 10.7. The quantitative estimate of drug-likeness (QED) is 0.613. The van der Waals surface area contributed by atoms with Crippen LogP contribution in [0.3, 0.4) is 0 Å². The van der Waals surface area contributed by atoms with E-state index in [4.69, 9.17) is 0 Å². The second kappa shape index (κ2) is 6.87. The van der Waals surface area contributed by atoms with E-state index in [-0.39, 0.29) is 29.6 Å². The lowest BCUT2D eigenvalue weighted by molar-refractivity contribution is -0.123. The van der Waals surface area contributed by atoms with Crippen molar-refractivity contribution in [3.63, 3.8) is 0 Å². The topological polar surface area (TPSA) is 53.2 Å². The van der Waals surface area contributed by atoms with E-state index in [9.17, 15) is 9.59 Å². The minimum Gasteiger partial charge on any atom is -0.357 e. The van der Waals surface area contributed by atoms with Crippen molar-refractivity contribution in [2.45, 2.75) is 44.9 Å². The summed E-state index contributed by atoms with van der Waals surface area (Å²) >= 11 is 0. The molecule has 4 heteroatoms. The molecule has 1 fully saturated rings. The Morgan fingerprint density at radius 2 is 1.69 bits per heavy atom. The Morgan fingerprint density at radius 1 is 0.966 bits per heavy atom. The molecule has 1 aliphatic carbocycles. The first-order chi connectivity index (χ1) is 14.1. The molecular weight excluding hydrogens is 360 g/mol. The number of imide groups is 1. The summed E-state index contributed by atoms with van der Waals surface area (Å²) in [6.45, 7) is 4.42. The summed E-state index contributed by atoms with van der Waals surface area (Å²) < 4.78 is 0. The standard InChI is InChI=1S/C25H26N2O2/c1-3-4-12-17-15(2)20-18-13-8-9-14-19(18)26-23(20)22-21(17)24(28)27(25(22)29)16-10-6-5-7-11-16/h5-11,13-15,17,21-22,26H,3-4,12H2,1-2H3/t15-,17+,21+,22+/m0/s1. The Hall–Kier alpha value is -2.88. The number of unbranched alkanes of at least 4 members (excludes halogenated alkanes) is 1. The molecule has 0 saturated carbocycles. The van der Waals surface area contributed by atoms with E-state index in [0.29, 0.717) is 5.69 Å². The van der Waals surface area contributed by atoms with Crippen LogP contribution in [-0.2, 0) is 9.59 Å². The van der Waals surface area contributed by atoms with Gasteiger partial charge in [-0.25, -0.2) is 4.90 Å². The van der Waals surface area contributed by atoms with Crippen LogP contribution in [0.5, 0.6) is 0 Å². The third-order valence-electron chi connectivity index (χ3n) is 6.90. The Morgan fingerprint density at radius 3 is 2.45 bits per heavy atom. The molecule has 0 bridgehead atoms. The normalized spacial score (nSPS) is 26.1. The molecule has 1 aliphatic heterocycles. The molecule has 148 valence electrons. The largest absolute Gasteiger partial charge is 0.357 e. The van der Waals surface area contributed by atoms with E-state index < -0.39 is 5.92 Å². The van der Waals surface area contributed by atoms with Gasteiger partial charge in [-0.3, -0.25) is 9.59 Å². The van der Waals surface area contributed by atoms with Crippen molar-refractivity contribution in [1.82, 2.24) is 4.98 Å². The zero-order chi connectivity index (χ0) is 20.1. The number of nitrogens with zero attached hydrogens (tertiary/aromatic N) is 1. The molecule has 1 aromatic heterocycles. The Kier molecular flexibility index (Phi) is 4.30. The fourth-order valence-electron chi connectivity index (χ4n) is 5.57. The summed E-state index contributed by atoms with van der Waals surface area (Å²) in [5.41, 5.74) is 3.92. The van der Waals surface area contributed by atoms with Gasteiger partial charge in [0.2, 0.25) is 11.8 Å². The van der Waals surface area contributed by atoms with Gasteiger partial charge in [0.15, 0.2) is 0 Å². The van der Waals surface area contributed by atoms with Gasteiger partial charge in [0.1, 0.15) is 0 Å². The fourth-order valence-corrected chi connectivity index (χ4v) is 5.57. The summed E-state index contributed by atoms with van der Waals surface area (Å²) in [5, 5.41) is 1.19. The van der Waals surface area contributed by atoms with Crippen LogP contribution in [0.1, 0.15) is 56.2 Å². The number of carbonyl (C=O) groups is 2. The highest BCUT2D eigenvalue weighted by Crippen LogP contribution is 2.54. The zero-order valence-electron chi connectivity index (χ0n) is 16.9. The van der Waals surface area contributed by atoms with Gasteiger partial charge in [-0.15, -0.1) is 0 Å². The minimum atomic E-state index is -0.414. The Labute approximate surface area is 170 Å². The lowest BCUT2D eigenvalue weighted by atomic mass is 9.65. The number of carbonyl (C=O) groups excluding carboxylic acids is 2.